The van der Waals surface area contributed by atoms with E-state index in [0.29, 0.717) is 0 Å². The molecule has 0 radical (unpaired) electrons. The maximum Gasteiger partial charge on any atom is 0.0684 e. The molecular formula is C15H21N3. The van der Waals surface area contributed by atoms with Gasteiger partial charge in [-0.1, -0.05) is 30.3 Å². The monoisotopic (exact) mass is 243 g/mol. The predicted molar refractivity (Wildman–Crippen MR) is 75.6 cm³/mol. The third kappa shape index (κ3) is 2.99. The van der Waals surface area contributed by atoms with Crippen molar-refractivity contribution in [3.8, 4) is 11.3 Å². The molecule has 3 nitrogen and oxygen atoms in total. The summed E-state index contributed by atoms with van der Waals surface area (Å²) >= 11 is 0. The van der Waals surface area contributed by atoms with Gasteiger partial charge in [0.1, 0.15) is 0 Å². The van der Waals surface area contributed by atoms with Crippen LogP contribution in [0.4, 0.5) is 0 Å². The summed E-state index contributed by atoms with van der Waals surface area (Å²) in [6.45, 7) is 4.09. The Hall–Kier alpha value is -1.61. The summed E-state index contributed by atoms with van der Waals surface area (Å²) in [6.07, 6.45) is 2.17. The molecule has 1 N–H and O–H groups in total. The summed E-state index contributed by atoms with van der Waals surface area (Å²) in [6, 6.07) is 12.7. The van der Waals surface area contributed by atoms with Gasteiger partial charge in [-0.25, -0.2) is 0 Å². The van der Waals surface area contributed by atoms with Crippen molar-refractivity contribution < 1.29 is 0 Å². The summed E-state index contributed by atoms with van der Waals surface area (Å²) in [5, 5.41) is 7.84. The Morgan fingerprint density at radius 1 is 1.22 bits per heavy atom. The van der Waals surface area contributed by atoms with Crippen LogP contribution in [0.2, 0.25) is 0 Å². The van der Waals surface area contributed by atoms with Gasteiger partial charge in [0, 0.05) is 6.54 Å². The fraction of sp³-hybridized carbons (Fsp3) is 0.400. The molecule has 2 rings (SSSR count). The molecule has 0 fully saturated rings. The van der Waals surface area contributed by atoms with Gasteiger partial charge in [-0.3, -0.25) is 4.68 Å². The van der Waals surface area contributed by atoms with Gasteiger partial charge in [-0.2, -0.15) is 5.10 Å². The summed E-state index contributed by atoms with van der Waals surface area (Å²) < 4.78 is 2.09. The first kappa shape index (κ1) is 12.8. The molecule has 0 unspecified atom stereocenters. The maximum atomic E-state index is 4.67. The van der Waals surface area contributed by atoms with Crippen molar-refractivity contribution in [1.29, 1.82) is 0 Å². The van der Waals surface area contributed by atoms with Crippen molar-refractivity contribution in [3.63, 3.8) is 0 Å². The lowest BCUT2D eigenvalue weighted by molar-refractivity contribution is 0.640. The number of nitrogens with zero attached hydrogens (tertiary/aromatic N) is 2. The highest BCUT2D eigenvalue weighted by molar-refractivity contribution is 5.59. The molecule has 18 heavy (non-hydrogen) atoms. The van der Waals surface area contributed by atoms with Crippen LogP contribution in [0.3, 0.4) is 0 Å². The molecule has 2 aromatic rings. The highest BCUT2D eigenvalue weighted by Crippen LogP contribution is 2.20. The van der Waals surface area contributed by atoms with Crippen molar-refractivity contribution in [2.45, 2.75) is 26.3 Å². The fourth-order valence-electron chi connectivity index (χ4n) is 2.12. The minimum absolute atomic E-state index is 0.913. The Morgan fingerprint density at radius 2 is 2.00 bits per heavy atom. The number of nitrogens with one attached hydrogen (secondary N) is 1. The molecule has 0 aliphatic heterocycles. The van der Waals surface area contributed by atoms with Crippen LogP contribution in [0.25, 0.3) is 11.3 Å². The van der Waals surface area contributed by atoms with Crippen molar-refractivity contribution >= 4 is 0 Å². The van der Waals surface area contributed by atoms with E-state index in [1.54, 1.807) is 0 Å². The largest absolute Gasteiger partial charge is 0.320 e. The number of hydrogen-bond donors (Lipinski definition) is 1. The van der Waals surface area contributed by atoms with Crippen LogP contribution in [0.1, 0.15) is 19.0 Å². The average molecular weight is 243 g/mol. The van der Waals surface area contributed by atoms with E-state index in [2.05, 4.69) is 52.4 Å². The zero-order chi connectivity index (χ0) is 12.8. The van der Waals surface area contributed by atoms with Crippen LogP contribution in [0, 0.1) is 0 Å². The summed E-state index contributed by atoms with van der Waals surface area (Å²) in [7, 11) is 1.99. The molecule has 1 aromatic heterocycles. The highest BCUT2D eigenvalue weighted by atomic mass is 15.3. The van der Waals surface area contributed by atoms with Crippen molar-refractivity contribution in [3.05, 3.63) is 42.1 Å². The summed E-state index contributed by atoms with van der Waals surface area (Å²) in [5.74, 6) is 0. The van der Waals surface area contributed by atoms with E-state index in [0.717, 1.165) is 25.9 Å². The topological polar surface area (TPSA) is 29.9 Å². The van der Waals surface area contributed by atoms with Gasteiger partial charge in [0.15, 0.2) is 0 Å². The normalized spacial score (nSPS) is 10.8. The zero-order valence-electron chi connectivity index (χ0n) is 11.2. The molecular weight excluding hydrogens is 222 g/mol. The van der Waals surface area contributed by atoms with Crippen LogP contribution < -0.4 is 5.32 Å². The van der Waals surface area contributed by atoms with E-state index in [9.17, 15) is 0 Å². The first-order valence-electron chi connectivity index (χ1n) is 6.62. The van der Waals surface area contributed by atoms with Gasteiger partial charge in [-0.15, -0.1) is 0 Å². The standard InChI is InChI=1S/C15H21N3/c1-3-18-15(13-8-5-4-6-9-13)12-14(17-18)10-7-11-16-2/h4-6,8-9,12,16H,3,7,10-11H2,1-2H3. The highest BCUT2D eigenvalue weighted by Gasteiger charge is 2.08. The maximum absolute atomic E-state index is 4.67. The molecule has 0 saturated carbocycles. The van der Waals surface area contributed by atoms with Crippen LogP contribution >= 0.6 is 0 Å². The molecule has 3 heteroatoms. The lowest BCUT2D eigenvalue weighted by Crippen LogP contribution is -2.08. The Bertz CT molecular complexity index is 474. The van der Waals surface area contributed by atoms with Crippen LogP contribution in [0.5, 0.6) is 0 Å². The quantitative estimate of drug-likeness (QED) is 0.791. The molecule has 0 amide bonds. The molecule has 0 aliphatic rings. The Morgan fingerprint density at radius 3 is 2.67 bits per heavy atom. The second-order valence-corrected chi connectivity index (χ2v) is 4.41. The van der Waals surface area contributed by atoms with Crippen LogP contribution in [0.15, 0.2) is 36.4 Å². The first-order valence-corrected chi connectivity index (χ1v) is 6.62. The minimum Gasteiger partial charge on any atom is -0.320 e. The van der Waals surface area contributed by atoms with E-state index in [4.69, 9.17) is 0 Å². The van der Waals surface area contributed by atoms with E-state index in [1.807, 2.05) is 13.1 Å². The van der Waals surface area contributed by atoms with Gasteiger partial charge in [-0.05, 0) is 45.0 Å². The third-order valence-electron chi connectivity index (χ3n) is 3.06. The Balaban J connectivity index is 2.19. The van der Waals surface area contributed by atoms with E-state index >= 15 is 0 Å². The molecule has 96 valence electrons. The van der Waals surface area contributed by atoms with Gasteiger partial charge >= 0.3 is 0 Å². The smallest absolute Gasteiger partial charge is 0.0684 e. The van der Waals surface area contributed by atoms with E-state index < -0.39 is 0 Å². The Kier molecular flexibility index (Phi) is 4.53. The summed E-state index contributed by atoms with van der Waals surface area (Å²) in [5.41, 5.74) is 3.65. The lowest BCUT2D eigenvalue weighted by atomic mass is 10.1. The molecule has 1 heterocycles. The summed E-state index contributed by atoms with van der Waals surface area (Å²) in [4.78, 5) is 0. The van der Waals surface area contributed by atoms with Crippen molar-refractivity contribution in [2.24, 2.45) is 0 Å². The zero-order valence-corrected chi connectivity index (χ0v) is 11.2. The van der Waals surface area contributed by atoms with E-state index in [1.165, 1.54) is 17.0 Å². The van der Waals surface area contributed by atoms with Crippen molar-refractivity contribution in [1.82, 2.24) is 15.1 Å². The molecule has 0 spiro atoms. The second-order valence-electron chi connectivity index (χ2n) is 4.41. The minimum atomic E-state index is 0.913. The second kappa shape index (κ2) is 6.36. The number of aromatic nitrogens is 2. The van der Waals surface area contributed by atoms with Gasteiger partial charge in [0.05, 0.1) is 11.4 Å². The van der Waals surface area contributed by atoms with E-state index in [-0.39, 0.29) is 0 Å². The number of benzene rings is 1. The van der Waals surface area contributed by atoms with Crippen LogP contribution in [-0.4, -0.2) is 23.4 Å². The SMILES string of the molecule is CCn1nc(CCCNC)cc1-c1ccccc1. The molecule has 0 aliphatic carbocycles. The number of rotatable bonds is 6. The van der Waals surface area contributed by atoms with Gasteiger partial charge in [0.25, 0.3) is 0 Å². The molecule has 0 bridgehead atoms. The van der Waals surface area contributed by atoms with Crippen LogP contribution in [-0.2, 0) is 13.0 Å². The predicted octanol–water partition coefficient (Wildman–Crippen LogP) is 2.72. The fourth-order valence-corrected chi connectivity index (χ4v) is 2.12. The third-order valence-corrected chi connectivity index (χ3v) is 3.06. The first-order chi connectivity index (χ1) is 8.85. The number of aryl methyl sites for hydroxylation is 2. The number of hydrogen-bond acceptors (Lipinski definition) is 2. The van der Waals surface area contributed by atoms with Crippen molar-refractivity contribution in [2.75, 3.05) is 13.6 Å². The lowest BCUT2D eigenvalue weighted by Gasteiger charge is -2.03. The molecule has 0 atom stereocenters. The molecule has 1 aromatic carbocycles. The van der Waals surface area contributed by atoms with Gasteiger partial charge < -0.3 is 5.32 Å². The Labute approximate surface area is 109 Å². The average Bonchev–Trinajstić information content (AvgIpc) is 2.83. The molecule has 0 saturated heterocycles. The van der Waals surface area contributed by atoms with Gasteiger partial charge in [0.2, 0.25) is 0 Å².